The molecule has 0 spiro atoms. The Morgan fingerprint density at radius 2 is 2.16 bits per heavy atom. The number of thiophene rings is 1. The smallest absolute Gasteiger partial charge is 0.0758 e. The molecule has 2 aromatic heterocycles. The molecule has 0 fully saturated rings. The van der Waals surface area contributed by atoms with Crippen LogP contribution in [0.4, 0.5) is 0 Å². The van der Waals surface area contributed by atoms with Crippen molar-refractivity contribution in [2.75, 3.05) is 6.54 Å². The second kappa shape index (κ2) is 6.35. The molecule has 0 saturated carbocycles. The fourth-order valence-corrected chi connectivity index (χ4v) is 3.16. The van der Waals surface area contributed by atoms with Crippen LogP contribution in [-0.2, 0) is 13.0 Å². The number of nitrogens with zero attached hydrogens (tertiary/aromatic N) is 2. The van der Waals surface area contributed by atoms with Gasteiger partial charge in [-0.15, -0.1) is 11.3 Å². The highest BCUT2D eigenvalue weighted by Gasteiger charge is 2.20. The van der Waals surface area contributed by atoms with Gasteiger partial charge in [0.2, 0.25) is 0 Å². The van der Waals surface area contributed by atoms with Crippen LogP contribution in [0.3, 0.4) is 0 Å². The van der Waals surface area contributed by atoms with Gasteiger partial charge in [-0.2, -0.15) is 5.10 Å². The van der Waals surface area contributed by atoms with Crippen LogP contribution in [0.5, 0.6) is 0 Å². The van der Waals surface area contributed by atoms with Crippen molar-refractivity contribution in [3.05, 3.63) is 39.3 Å². The molecular weight excluding hydrogens is 254 g/mol. The predicted molar refractivity (Wildman–Crippen MR) is 81.9 cm³/mol. The van der Waals surface area contributed by atoms with Crippen molar-refractivity contribution >= 4 is 11.3 Å². The third kappa shape index (κ3) is 2.90. The van der Waals surface area contributed by atoms with Crippen molar-refractivity contribution in [2.24, 2.45) is 0 Å². The SMILES string of the molecule is CCNC(c1ccsc1C)c1cc(CC)nn1CC. The zero-order valence-corrected chi connectivity index (χ0v) is 13.0. The van der Waals surface area contributed by atoms with Crippen molar-refractivity contribution in [3.8, 4) is 0 Å². The molecule has 2 aromatic rings. The molecule has 2 heterocycles. The number of hydrogen-bond acceptors (Lipinski definition) is 3. The number of nitrogens with one attached hydrogen (secondary N) is 1. The molecule has 0 aliphatic heterocycles. The first-order valence-corrected chi connectivity index (χ1v) is 7.93. The van der Waals surface area contributed by atoms with Crippen LogP contribution in [0.1, 0.15) is 48.6 Å². The molecule has 1 atom stereocenters. The van der Waals surface area contributed by atoms with E-state index < -0.39 is 0 Å². The Balaban J connectivity index is 2.44. The second-order valence-electron chi connectivity index (χ2n) is 4.65. The van der Waals surface area contributed by atoms with E-state index in [9.17, 15) is 0 Å². The Hall–Kier alpha value is -1.13. The molecule has 0 bridgehead atoms. The number of rotatable bonds is 6. The summed E-state index contributed by atoms with van der Waals surface area (Å²) in [5.74, 6) is 0. The quantitative estimate of drug-likeness (QED) is 0.875. The zero-order valence-electron chi connectivity index (χ0n) is 12.2. The fourth-order valence-electron chi connectivity index (χ4n) is 2.42. The summed E-state index contributed by atoms with van der Waals surface area (Å²) in [6, 6.07) is 4.73. The lowest BCUT2D eigenvalue weighted by molar-refractivity contribution is 0.540. The van der Waals surface area contributed by atoms with E-state index in [0.717, 1.165) is 19.5 Å². The van der Waals surface area contributed by atoms with Gasteiger partial charge in [0.1, 0.15) is 0 Å². The lowest BCUT2D eigenvalue weighted by Gasteiger charge is -2.19. The Morgan fingerprint density at radius 1 is 1.37 bits per heavy atom. The van der Waals surface area contributed by atoms with Crippen LogP contribution in [0.25, 0.3) is 0 Å². The minimum atomic E-state index is 0.254. The van der Waals surface area contributed by atoms with Gasteiger partial charge in [0.25, 0.3) is 0 Å². The van der Waals surface area contributed by atoms with E-state index in [2.05, 4.69) is 60.3 Å². The number of hydrogen-bond donors (Lipinski definition) is 1. The molecule has 0 aromatic carbocycles. The van der Waals surface area contributed by atoms with Gasteiger partial charge in [-0.1, -0.05) is 13.8 Å². The fraction of sp³-hybridized carbons (Fsp3) is 0.533. The van der Waals surface area contributed by atoms with Crippen LogP contribution >= 0.6 is 11.3 Å². The van der Waals surface area contributed by atoms with Crippen LogP contribution in [0, 0.1) is 6.92 Å². The lowest BCUT2D eigenvalue weighted by Crippen LogP contribution is -2.24. The molecule has 104 valence electrons. The summed E-state index contributed by atoms with van der Waals surface area (Å²) in [7, 11) is 0. The summed E-state index contributed by atoms with van der Waals surface area (Å²) >= 11 is 1.81. The molecular formula is C15H23N3S. The third-order valence-corrected chi connectivity index (χ3v) is 4.30. The minimum Gasteiger partial charge on any atom is -0.305 e. The van der Waals surface area contributed by atoms with E-state index in [4.69, 9.17) is 0 Å². The molecule has 0 saturated heterocycles. The number of aryl methyl sites for hydroxylation is 3. The largest absolute Gasteiger partial charge is 0.305 e. The van der Waals surface area contributed by atoms with E-state index in [1.807, 2.05) is 11.3 Å². The highest BCUT2D eigenvalue weighted by molar-refractivity contribution is 7.10. The molecule has 0 radical (unpaired) electrons. The minimum absolute atomic E-state index is 0.254. The average molecular weight is 277 g/mol. The maximum Gasteiger partial charge on any atom is 0.0758 e. The lowest BCUT2D eigenvalue weighted by atomic mass is 10.0. The summed E-state index contributed by atoms with van der Waals surface area (Å²) in [4.78, 5) is 1.38. The molecule has 0 amide bonds. The Kier molecular flexibility index (Phi) is 4.77. The van der Waals surface area contributed by atoms with Gasteiger partial charge in [0.05, 0.1) is 17.4 Å². The van der Waals surface area contributed by atoms with Gasteiger partial charge in [0, 0.05) is 11.4 Å². The van der Waals surface area contributed by atoms with E-state index in [-0.39, 0.29) is 6.04 Å². The summed E-state index contributed by atoms with van der Waals surface area (Å²) in [6.07, 6.45) is 0.988. The molecule has 1 unspecified atom stereocenters. The summed E-state index contributed by atoms with van der Waals surface area (Å²) in [6.45, 7) is 10.5. The Labute approximate surface area is 119 Å². The average Bonchev–Trinajstić information content (AvgIpc) is 3.02. The monoisotopic (exact) mass is 277 g/mol. The molecule has 0 aliphatic rings. The predicted octanol–water partition coefficient (Wildman–Crippen LogP) is 3.53. The summed E-state index contributed by atoms with van der Waals surface area (Å²) in [5.41, 5.74) is 3.83. The third-order valence-electron chi connectivity index (χ3n) is 3.44. The van der Waals surface area contributed by atoms with Crippen molar-refractivity contribution in [1.29, 1.82) is 0 Å². The second-order valence-corrected chi connectivity index (χ2v) is 5.77. The van der Waals surface area contributed by atoms with Gasteiger partial charge >= 0.3 is 0 Å². The molecule has 1 N–H and O–H groups in total. The van der Waals surface area contributed by atoms with Gasteiger partial charge < -0.3 is 5.32 Å². The first-order valence-electron chi connectivity index (χ1n) is 7.05. The molecule has 4 heteroatoms. The van der Waals surface area contributed by atoms with E-state index in [1.54, 1.807) is 0 Å². The summed E-state index contributed by atoms with van der Waals surface area (Å²) in [5, 5.41) is 10.4. The molecule has 2 rings (SSSR count). The van der Waals surface area contributed by atoms with E-state index in [1.165, 1.54) is 21.8 Å². The molecule has 0 aliphatic carbocycles. The van der Waals surface area contributed by atoms with Crippen LogP contribution < -0.4 is 5.32 Å². The van der Waals surface area contributed by atoms with Crippen LogP contribution in [0.15, 0.2) is 17.5 Å². The van der Waals surface area contributed by atoms with Gasteiger partial charge in [-0.25, -0.2) is 0 Å². The van der Waals surface area contributed by atoms with Gasteiger partial charge in [-0.3, -0.25) is 4.68 Å². The topological polar surface area (TPSA) is 29.9 Å². The first kappa shape index (κ1) is 14.3. The highest BCUT2D eigenvalue weighted by atomic mass is 32.1. The van der Waals surface area contributed by atoms with Gasteiger partial charge in [-0.05, 0) is 49.9 Å². The van der Waals surface area contributed by atoms with Crippen molar-refractivity contribution in [1.82, 2.24) is 15.1 Å². The zero-order chi connectivity index (χ0) is 13.8. The van der Waals surface area contributed by atoms with Crippen molar-refractivity contribution in [3.63, 3.8) is 0 Å². The van der Waals surface area contributed by atoms with E-state index >= 15 is 0 Å². The highest BCUT2D eigenvalue weighted by Crippen LogP contribution is 2.28. The van der Waals surface area contributed by atoms with Crippen LogP contribution in [-0.4, -0.2) is 16.3 Å². The van der Waals surface area contributed by atoms with Crippen LogP contribution in [0.2, 0.25) is 0 Å². The Morgan fingerprint density at radius 3 is 2.68 bits per heavy atom. The van der Waals surface area contributed by atoms with Crippen molar-refractivity contribution in [2.45, 2.75) is 46.7 Å². The van der Waals surface area contributed by atoms with Gasteiger partial charge in [0.15, 0.2) is 0 Å². The number of aromatic nitrogens is 2. The first-order chi connectivity index (χ1) is 9.21. The standard InChI is InChI=1S/C15H23N3S/c1-5-12-10-14(18(7-3)17-12)15(16-6-2)13-8-9-19-11(13)4/h8-10,15-16H,5-7H2,1-4H3. The maximum absolute atomic E-state index is 4.67. The Bertz CT molecular complexity index is 527. The van der Waals surface area contributed by atoms with E-state index in [0.29, 0.717) is 0 Å². The van der Waals surface area contributed by atoms with Crippen molar-refractivity contribution < 1.29 is 0 Å². The molecule has 19 heavy (non-hydrogen) atoms. The maximum atomic E-state index is 4.67. The normalized spacial score (nSPS) is 12.8. The summed E-state index contributed by atoms with van der Waals surface area (Å²) < 4.78 is 2.13. The molecule has 3 nitrogen and oxygen atoms in total.